The average Bonchev–Trinajstić information content (AvgIpc) is 2.58. The van der Waals surface area contributed by atoms with Crippen LogP contribution in [0.4, 0.5) is 0 Å². The van der Waals surface area contributed by atoms with Gasteiger partial charge in [0, 0.05) is 12.1 Å². The molecule has 2 aliphatic carbocycles. The fourth-order valence-electron chi connectivity index (χ4n) is 4.07. The summed E-state index contributed by atoms with van der Waals surface area (Å²) in [6.07, 6.45) is 15.9. The summed E-state index contributed by atoms with van der Waals surface area (Å²) in [5.41, 5.74) is 0. The zero-order valence-electron chi connectivity index (χ0n) is 12.6. The van der Waals surface area contributed by atoms with E-state index in [9.17, 15) is 0 Å². The van der Waals surface area contributed by atoms with E-state index in [4.69, 9.17) is 0 Å². The predicted octanol–water partition coefficient (Wildman–Crippen LogP) is 4.90. The fourth-order valence-corrected chi connectivity index (χ4v) is 4.07. The molecule has 0 aromatic carbocycles. The molecule has 0 aromatic rings. The summed E-state index contributed by atoms with van der Waals surface area (Å²) in [4.78, 5) is 0. The molecule has 2 atom stereocenters. The highest BCUT2D eigenvalue weighted by Gasteiger charge is 2.25. The minimum Gasteiger partial charge on any atom is -0.311 e. The van der Waals surface area contributed by atoms with E-state index >= 15 is 0 Å². The summed E-state index contributed by atoms with van der Waals surface area (Å²) in [7, 11) is 0. The monoisotopic (exact) mass is 251 g/mol. The number of nitrogens with one attached hydrogen (secondary N) is 1. The van der Waals surface area contributed by atoms with Crippen LogP contribution in [0.15, 0.2) is 0 Å². The van der Waals surface area contributed by atoms with Gasteiger partial charge in [-0.1, -0.05) is 46.0 Å². The molecule has 2 unspecified atom stereocenters. The fraction of sp³-hybridized carbons (Fsp3) is 1.00. The SMILES string of the molecule is CCCC1CCC(NC2CCCCCC2C)CC1. The van der Waals surface area contributed by atoms with Crippen LogP contribution >= 0.6 is 0 Å². The molecule has 0 bridgehead atoms. The Balaban J connectivity index is 1.73. The first-order chi connectivity index (χ1) is 8.79. The molecule has 0 aliphatic heterocycles. The van der Waals surface area contributed by atoms with Gasteiger partial charge in [0.15, 0.2) is 0 Å². The van der Waals surface area contributed by atoms with Gasteiger partial charge in [-0.25, -0.2) is 0 Å². The lowest BCUT2D eigenvalue weighted by atomic mass is 9.82. The summed E-state index contributed by atoms with van der Waals surface area (Å²) in [6, 6.07) is 1.66. The second kappa shape index (κ2) is 7.53. The largest absolute Gasteiger partial charge is 0.311 e. The van der Waals surface area contributed by atoms with Crippen LogP contribution in [-0.4, -0.2) is 12.1 Å². The summed E-state index contributed by atoms with van der Waals surface area (Å²) in [5.74, 6) is 1.94. The van der Waals surface area contributed by atoms with Crippen molar-refractivity contribution >= 4 is 0 Å². The Kier molecular flexibility index (Phi) is 6.01. The van der Waals surface area contributed by atoms with Gasteiger partial charge < -0.3 is 5.32 Å². The van der Waals surface area contributed by atoms with Crippen LogP contribution in [0.2, 0.25) is 0 Å². The van der Waals surface area contributed by atoms with Crippen LogP contribution in [0.3, 0.4) is 0 Å². The molecule has 0 radical (unpaired) electrons. The number of hydrogen-bond acceptors (Lipinski definition) is 1. The van der Waals surface area contributed by atoms with Crippen molar-refractivity contribution in [3.63, 3.8) is 0 Å². The minimum absolute atomic E-state index is 0.820. The molecule has 0 heterocycles. The van der Waals surface area contributed by atoms with E-state index in [1.807, 2.05) is 0 Å². The standard InChI is InChI=1S/C17H33N/c1-3-7-15-10-12-16(13-11-15)18-17-9-6-4-5-8-14(17)2/h14-18H,3-13H2,1-2H3. The van der Waals surface area contributed by atoms with E-state index in [0.29, 0.717) is 0 Å². The first-order valence-electron chi connectivity index (χ1n) is 8.55. The molecule has 2 rings (SSSR count). The van der Waals surface area contributed by atoms with Crippen LogP contribution in [0.25, 0.3) is 0 Å². The maximum atomic E-state index is 4.01. The van der Waals surface area contributed by atoms with Gasteiger partial charge in [-0.3, -0.25) is 0 Å². The van der Waals surface area contributed by atoms with Gasteiger partial charge in [0.1, 0.15) is 0 Å². The van der Waals surface area contributed by atoms with Gasteiger partial charge in [-0.15, -0.1) is 0 Å². The average molecular weight is 251 g/mol. The van der Waals surface area contributed by atoms with E-state index in [2.05, 4.69) is 19.2 Å². The Bertz CT molecular complexity index is 218. The predicted molar refractivity (Wildman–Crippen MR) is 79.8 cm³/mol. The van der Waals surface area contributed by atoms with Crippen molar-refractivity contribution in [1.29, 1.82) is 0 Å². The van der Waals surface area contributed by atoms with Crippen molar-refractivity contribution in [2.75, 3.05) is 0 Å². The normalized spacial score (nSPS) is 38.3. The maximum Gasteiger partial charge on any atom is 0.00952 e. The van der Waals surface area contributed by atoms with Crippen molar-refractivity contribution in [3.05, 3.63) is 0 Å². The van der Waals surface area contributed by atoms with Crippen LogP contribution in [0.1, 0.15) is 84.5 Å². The Morgan fingerprint density at radius 1 is 0.889 bits per heavy atom. The second-order valence-electron chi connectivity index (χ2n) is 6.89. The first kappa shape index (κ1) is 14.4. The third kappa shape index (κ3) is 4.26. The van der Waals surface area contributed by atoms with Crippen molar-refractivity contribution in [2.24, 2.45) is 11.8 Å². The summed E-state index contributed by atoms with van der Waals surface area (Å²) < 4.78 is 0. The first-order valence-corrected chi connectivity index (χ1v) is 8.55. The highest BCUT2D eigenvalue weighted by Crippen LogP contribution is 2.30. The Labute approximate surface area is 114 Å². The second-order valence-corrected chi connectivity index (χ2v) is 6.89. The third-order valence-electron chi connectivity index (χ3n) is 5.35. The zero-order valence-corrected chi connectivity index (χ0v) is 12.6. The number of hydrogen-bond donors (Lipinski definition) is 1. The lowest BCUT2D eigenvalue weighted by Crippen LogP contribution is -2.43. The van der Waals surface area contributed by atoms with Gasteiger partial charge in [0.05, 0.1) is 0 Å². The summed E-state index contributed by atoms with van der Waals surface area (Å²) in [6.45, 7) is 4.79. The Hall–Kier alpha value is -0.0400. The summed E-state index contributed by atoms with van der Waals surface area (Å²) in [5, 5.41) is 4.01. The third-order valence-corrected chi connectivity index (χ3v) is 5.35. The molecule has 0 aromatic heterocycles. The van der Waals surface area contributed by atoms with Crippen molar-refractivity contribution in [3.8, 4) is 0 Å². The van der Waals surface area contributed by atoms with E-state index in [-0.39, 0.29) is 0 Å². The van der Waals surface area contributed by atoms with E-state index in [1.165, 1.54) is 70.6 Å². The molecular formula is C17H33N. The van der Waals surface area contributed by atoms with Crippen LogP contribution in [0.5, 0.6) is 0 Å². The molecule has 0 amide bonds. The van der Waals surface area contributed by atoms with Gasteiger partial charge in [0.25, 0.3) is 0 Å². The number of rotatable bonds is 4. The van der Waals surface area contributed by atoms with Crippen LogP contribution in [0, 0.1) is 11.8 Å². The smallest absolute Gasteiger partial charge is 0.00952 e. The highest BCUT2D eigenvalue weighted by molar-refractivity contribution is 4.84. The van der Waals surface area contributed by atoms with Crippen molar-refractivity contribution in [1.82, 2.24) is 5.32 Å². The molecule has 2 saturated carbocycles. The van der Waals surface area contributed by atoms with E-state index in [0.717, 1.165) is 23.9 Å². The van der Waals surface area contributed by atoms with Crippen LogP contribution < -0.4 is 5.32 Å². The molecule has 106 valence electrons. The Morgan fingerprint density at radius 2 is 1.61 bits per heavy atom. The quantitative estimate of drug-likeness (QED) is 0.700. The molecule has 1 heteroatoms. The molecule has 2 fully saturated rings. The molecule has 0 saturated heterocycles. The summed E-state index contributed by atoms with van der Waals surface area (Å²) >= 11 is 0. The molecule has 2 aliphatic rings. The minimum atomic E-state index is 0.820. The van der Waals surface area contributed by atoms with Crippen LogP contribution in [-0.2, 0) is 0 Å². The molecule has 18 heavy (non-hydrogen) atoms. The molecular weight excluding hydrogens is 218 g/mol. The van der Waals surface area contributed by atoms with Gasteiger partial charge in [0.2, 0.25) is 0 Å². The lowest BCUT2D eigenvalue weighted by molar-refractivity contribution is 0.236. The molecule has 0 spiro atoms. The van der Waals surface area contributed by atoms with E-state index in [1.54, 1.807) is 0 Å². The Morgan fingerprint density at radius 3 is 2.33 bits per heavy atom. The lowest BCUT2D eigenvalue weighted by Gasteiger charge is -2.34. The zero-order chi connectivity index (χ0) is 12.8. The topological polar surface area (TPSA) is 12.0 Å². The van der Waals surface area contributed by atoms with Crippen molar-refractivity contribution < 1.29 is 0 Å². The highest BCUT2D eigenvalue weighted by atomic mass is 15.0. The molecule has 1 N–H and O–H groups in total. The van der Waals surface area contributed by atoms with Gasteiger partial charge in [-0.05, 0) is 50.4 Å². The van der Waals surface area contributed by atoms with Crippen molar-refractivity contribution in [2.45, 2.75) is 96.6 Å². The van der Waals surface area contributed by atoms with Gasteiger partial charge in [-0.2, -0.15) is 0 Å². The maximum absolute atomic E-state index is 4.01. The molecule has 1 nitrogen and oxygen atoms in total. The van der Waals surface area contributed by atoms with Gasteiger partial charge >= 0.3 is 0 Å². The van der Waals surface area contributed by atoms with E-state index < -0.39 is 0 Å².